The van der Waals surface area contributed by atoms with Gasteiger partial charge in [0.25, 0.3) is 0 Å². The maximum Gasteiger partial charge on any atom is 0.320 e. The second kappa shape index (κ2) is 7.67. The van der Waals surface area contributed by atoms with Crippen molar-refractivity contribution >= 4 is 29.9 Å². The lowest BCUT2D eigenvalue weighted by Crippen LogP contribution is -2.42. The van der Waals surface area contributed by atoms with Gasteiger partial charge in [0.15, 0.2) is 10.6 Å². The molecule has 0 N–H and O–H groups in total. The average molecular weight is 382 g/mol. The molecule has 0 aliphatic carbocycles. The van der Waals surface area contributed by atoms with Crippen LogP contribution in [0.5, 0.6) is 0 Å². The highest BCUT2D eigenvalue weighted by molar-refractivity contribution is 8.00. The van der Waals surface area contributed by atoms with Gasteiger partial charge in [-0.3, -0.25) is 9.69 Å². The molecule has 2 heterocycles. The van der Waals surface area contributed by atoms with Gasteiger partial charge >= 0.3 is 5.97 Å². The molecule has 1 aliphatic rings. The number of esters is 1. The summed E-state index contributed by atoms with van der Waals surface area (Å²) in [5, 5.41) is 4.39. The quantitative estimate of drug-likeness (QED) is 0.598. The Bertz CT molecular complexity index is 819. The predicted molar refractivity (Wildman–Crippen MR) is 97.3 cm³/mol. The van der Waals surface area contributed by atoms with Crippen LogP contribution in [0.4, 0.5) is 4.39 Å². The van der Waals surface area contributed by atoms with Crippen molar-refractivity contribution in [3.63, 3.8) is 0 Å². The van der Waals surface area contributed by atoms with E-state index in [1.807, 2.05) is 7.05 Å². The van der Waals surface area contributed by atoms with Gasteiger partial charge in [-0.05, 0) is 36.5 Å². The first-order valence-electron chi connectivity index (χ1n) is 7.81. The number of ether oxygens (including phenoxy) is 1. The number of carbonyl (C=O) groups excluding carboxylic acids is 1. The van der Waals surface area contributed by atoms with Crippen LogP contribution in [0.1, 0.15) is 0 Å². The normalized spacial score (nSPS) is 18.3. The summed E-state index contributed by atoms with van der Waals surface area (Å²) in [5.41, 5.74) is 0.801. The fraction of sp³-hybridized carbons (Fsp3) is 0.438. The molecular formula is C16H19FN4O2S2. The van der Waals surface area contributed by atoms with Gasteiger partial charge in [-0.2, -0.15) is 5.10 Å². The minimum absolute atomic E-state index is 0.187. The Morgan fingerprint density at radius 3 is 2.84 bits per heavy atom. The summed E-state index contributed by atoms with van der Waals surface area (Å²) >= 11 is 7.09. The number of halogens is 1. The Morgan fingerprint density at radius 1 is 1.44 bits per heavy atom. The van der Waals surface area contributed by atoms with E-state index in [1.165, 1.54) is 19.2 Å². The molecule has 9 heteroatoms. The van der Waals surface area contributed by atoms with Gasteiger partial charge in [-0.15, -0.1) is 11.8 Å². The molecule has 0 radical (unpaired) electrons. The van der Waals surface area contributed by atoms with Crippen molar-refractivity contribution in [2.75, 3.05) is 26.0 Å². The number of methoxy groups -OCH3 is 1. The largest absolute Gasteiger partial charge is 0.468 e. The van der Waals surface area contributed by atoms with Gasteiger partial charge < -0.3 is 9.30 Å². The van der Waals surface area contributed by atoms with Gasteiger partial charge in [0.2, 0.25) is 0 Å². The van der Waals surface area contributed by atoms with Crippen molar-refractivity contribution in [3.05, 3.63) is 34.9 Å². The molecule has 1 aliphatic heterocycles. The third-order valence-electron chi connectivity index (χ3n) is 4.09. The molecule has 1 aromatic carbocycles. The molecular weight excluding hydrogens is 363 g/mol. The Balaban J connectivity index is 1.79. The van der Waals surface area contributed by atoms with Crippen molar-refractivity contribution in [1.82, 2.24) is 19.2 Å². The second-order valence-electron chi connectivity index (χ2n) is 5.77. The predicted octanol–water partition coefficient (Wildman–Crippen LogP) is 2.31. The minimum atomic E-state index is -0.288. The maximum absolute atomic E-state index is 13.1. The summed E-state index contributed by atoms with van der Waals surface area (Å²) in [7, 11) is 3.25. The van der Waals surface area contributed by atoms with Crippen LogP contribution in [0.2, 0.25) is 0 Å². The van der Waals surface area contributed by atoms with Gasteiger partial charge in [-0.1, -0.05) is 0 Å². The highest BCUT2D eigenvalue weighted by Crippen LogP contribution is 2.21. The lowest BCUT2D eigenvalue weighted by molar-refractivity contribution is -0.140. The average Bonchev–Trinajstić information content (AvgIpc) is 2.90. The summed E-state index contributed by atoms with van der Waals surface area (Å²) in [6.45, 7) is 1.95. The smallest absolute Gasteiger partial charge is 0.320 e. The molecule has 2 aromatic rings. The summed E-state index contributed by atoms with van der Waals surface area (Å²) in [5.74, 6) is 1.04. The van der Waals surface area contributed by atoms with E-state index < -0.39 is 0 Å². The Labute approximate surface area is 154 Å². The van der Waals surface area contributed by atoms with Crippen molar-refractivity contribution < 1.29 is 13.9 Å². The van der Waals surface area contributed by atoms with E-state index >= 15 is 0 Å². The third-order valence-corrected chi connectivity index (χ3v) is 5.74. The van der Waals surface area contributed by atoms with E-state index in [1.54, 1.807) is 33.1 Å². The Kier molecular flexibility index (Phi) is 5.55. The van der Waals surface area contributed by atoms with E-state index in [0.717, 1.165) is 17.9 Å². The number of hydrogen-bond donors (Lipinski definition) is 0. The van der Waals surface area contributed by atoms with Crippen LogP contribution in [0.15, 0.2) is 24.3 Å². The Morgan fingerprint density at radius 2 is 2.16 bits per heavy atom. The zero-order valence-electron chi connectivity index (χ0n) is 14.0. The van der Waals surface area contributed by atoms with E-state index in [2.05, 4.69) is 10.00 Å². The van der Waals surface area contributed by atoms with Crippen LogP contribution in [-0.2, 0) is 23.2 Å². The van der Waals surface area contributed by atoms with Gasteiger partial charge in [0, 0.05) is 31.5 Å². The molecule has 0 saturated carbocycles. The van der Waals surface area contributed by atoms with Gasteiger partial charge in [-0.25, -0.2) is 9.07 Å². The first-order valence-corrected chi connectivity index (χ1v) is 9.27. The molecule has 6 nitrogen and oxygen atoms in total. The summed E-state index contributed by atoms with van der Waals surface area (Å²) in [6, 6.07) is 6.17. The fourth-order valence-electron chi connectivity index (χ4n) is 2.72. The standard InChI is InChI=1S/C16H19FN4O2S2/c1-19-14(11-3-5-12(17)6-4-11)18-21(16(19)24)10-20-7-8-25-13(9-20)15(22)23-2/h3-6,13H,7-10H2,1-2H3/t13-/m0/s1. The summed E-state index contributed by atoms with van der Waals surface area (Å²) in [6.07, 6.45) is 0. The number of thioether (sulfide) groups is 1. The van der Waals surface area contributed by atoms with Crippen molar-refractivity contribution in [3.8, 4) is 11.4 Å². The van der Waals surface area contributed by atoms with E-state index in [0.29, 0.717) is 23.8 Å². The number of hydrogen-bond acceptors (Lipinski definition) is 6. The lowest BCUT2D eigenvalue weighted by atomic mass is 10.2. The van der Waals surface area contributed by atoms with Crippen LogP contribution in [0.3, 0.4) is 0 Å². The molecule has 25 heavy (non-hydrogen) atoms. The highest BCUT2D eigenvalue weighted by Gasteiger charge is 2.27. The molecule has 1 atom stereocenters. The first kappa shape index (κ1) is 18.1. The number of nitrogens with zero attached hydrogens (tertiary/aromatic N) is 4. The van der Waals surface area contributed by atoms with E-state index in [9.17, 15) is 9.18 Å². The van der Waals surface area contributed by atoms with Gasteiger partial charge in [0.1, 0.15) is 11.1 Å². The van der Waals surface area contributed by atoms with Gasteiger partial charge in [0.05, 0.1) is 13.8 Å². The van der Waals surface area contributed by atoms with Crippen LogP contribution in [0, 0.1) is 10.6 Å². The van der Waals surface area contributed by atoms with Crippen LogP contribution >= 0.6 is 24.0 Å². The number of carbonyl (C=O) groups is 1. The molecule has 134 valence electrons. The molecule has 3 rings (SSSR count). The highest BCUT2D eigenvalue weighted by atomic mass is 32.2. The second-order valence-corrected chi connectivity index (χ2v) is 7.45. The zero-order chi connectivity index (χ0) is 18.0. The molecule has 1 saturated heterocycles. The zero-order valence-corrected chi connectivity index (χ0v) is 15.6. The summed E-state index contributed by atoms with van der Waals surface area (Å²) in [4.78, 5) is 13.9. The first-order chi connectivity index (χ1) is 12.0. The van der Waals surface area contributed by atoms with Crippen LogP contribution in [-0.4, -0.2) is 56.4 Å². The molecule has 0 bridgehead atoms. The van der Waals surface area contributed by atoms with Crippen molar-refractivity contribution in [2.24, 2.45) is 7.05 Å². The molecule has 1 aromatic heterocycles. The SMILES string of the molecule is COC(=O)[C@@H]1CN(Cn2nc(-c3ccc(F)cc3)n(C)c2=S)CCS1. The molecule has 0 unspecified atom stereocenters. The van der Waals surface area contributed by atoms with Crippen LogP contribution in [0.25, 0.3) is 11.4 Å². The topological polar surface area (TPSA) is 52.3 Å². The van der Waals surface area contributed by atoms with Crippen LogP contribution < -0.4 is 0 Å². The van der Waals surface area contributed by atoms with E-state index in [-0.39, 0.29) is 17.0 Å². The minimum Gasteiger partial charge on any atom is -0.468 e. The lowest BCUT2D eigenvalue weighted by Gasteiger charge is -2.30. The van der Waals surface area contributed by atoms with E-state index in [4.69, 9.17) is 17.0 Å². The number of aromatic nitrogens is 3. The van der Waals surface area contributed by atoms with Crippen molar-refractivity contribution in [2.45, 2.75) is 11.9 Å². The number of benzene rings is 1. The molecule has 0 spiro atoms. The third kappa shape index (κ3) is 3.94. The fourth-order valence-corrected chi connectivity index (χ4v) is 4.11. The summed E-state index contributed by atoms with van der Waals surface area (Å²) < 4.78 is 22.1. The number of rotatable bonds is 4. The Hall–Kier alpha value is -1.71. The molecule has 0 amide bonds. The van der Waals surface area contributed by atoms with Crippen molar-refractivity contribution in [1.29, 1.82) is 0 Å². The maximum atomic E-state index is 13.1. The molecule has 1 fully saturated rings. The monoisotopic (exact) mass is 382 g/mol.